The minimum absolute atomic E-state index is 0.455. The molecule has 2 rings (SSSR count). The third-order valence-corrected chi connectivity index (χ3v) is 2.87. The number of aryl methyl sites for hydroxylation is 1. The van der Waals surface area contributed by atoms with Crippen LogP contribution >= 0.6 is 0 Å². The van der Waals surface area contributed by atoms with Gasteiger partial charge in [0.05, 0.1) is 0 Å². The van der Waals surface area contributed by atoms with Gasteiger partial charge in [-0.25, -0.2) is 4.39 Å². The Bertz CT molecular complexity index is 316. The lowest BCUT2D eigenvalue weighted by Gasteiger charge is -2.30. The first kappa shape index (κ1) is 9.66. The first-order valence-electron chi connectivity index (χ1n) is 5.17. The monoisotopic (exact) mass is 193 g/mol. The van der Waals surface area contributed by atoms with Gasteiger partial charge in [0.25, 0.3) is 0 Å². The molecule has 2 heteroatoms. The molecular formula is C12H16FN. The standard InChI is InChI=1S/C12H16FN/c1-10-4-2-5-11(8-10)12(13)6-3-7-14-9-12/h2,4-5,8,14H,3,6-7,9H2,1H3. The molecule has 1 fully saturated rings. The molecule has 76 valence electrons. The van der Waals surface area contributed by atoms with Crippen LogP contribution in [-0.2, 0) is 5.67 Å². The van der Waals surface area contributed by atoms with Crippen molar-refractivity contribution >= 4 is 0 Å². The molecule has 1 atom stereocenters. The van der Waals surface area contributed by atoms with Crippen molar-refractivity contribution in [2.45, 2.75) is 25.4 Å². The van der Waals surface area contributed by atoms with Gasteiger partial charge < -0.3 is 5.32 Å². The fourth-order valence-electron chi connectivity index (χ4n) is 2.04. The van der Waals surface area contributed by atoms with Crippen molar-refractivity contribution in [1.82, 2.24) is 5.32 Å². The van der Waals surface area contributed by atoms with E-state index in [0.717, 1.165) is 24.1 Å². The fraction of sp³-hybridized carbons (Fsp3) is 0.500. The van der Waals surface area contributed by atoms with E-state index in [9.17, 15) is 4.39 Å². The molecule has 0 bridgehead atoms. The Labute approximate surface area is 84.3 Å². The van der Waals surface area contributed by atoms with Gasteiger partial charge in [-0.05, 0) is 31.9 Å². The van der Waals surface area contributed by atoms with Crippen molar-refractivity contribution in [2.24, 2.45) is 0 Å². The lowest BCUT2D eigenvalue weighted by atomic mass is 9.88. The highest BCUT2D eigenvalue weighted by Gasteiger charge is 2.33. The van der Waals surface area contributed by atoms with E-state index in [1.54, 1.807) is 0 Å². The normalized spacial score (nSPS) is 27.6. The molecule has 0 amide bonds. The number of halogens is 1. The Balaban J connectivity index is 2.28. The number of piperidine rings is 1. The molecule has 0 aliphatic carbocycles. The summed E-state index contributed by atoms with van der Waals surface area (Å²) in [4.78, 5) is 0. The summed E-state index contributed by atoms with van der Waals surface area (Å²) in [5, 5.41) is 3.12. The summed E-state index contributed by atoms with van der Waals surface area (Å²) >= 11 is 0. The van der Waals surface area contributed by atoms with Crippen molar-refractivity contribution in [3.63, 3.8) is 0 Å². The van der Waals surface area contributed by atoms with Crippen LogP contribution in [0, 0.1) is 6.92 Å². The number of nitrogens with one attached hydrogen (secondary N) is 1. The molecule has 1 aromatic rings. The highest BCUT2D eigenvalue weighted by molar-refractivity contribution is 5.28. The zero-order valence-corrected chi connectivity index (χ0v) is 8.52. The van der Waals surface area contributed by atoms with E-state index in [0.29, 0.717) is 13.0 Å². The Hall–Kier alpha value is -0.890. The zero-order valence-electron chi connectivity index (χ0n) is 8.52. The second kappa shape index (κ2) is 3.70. The van der Waals surface area contributed by atoms with E-state index in [1.165, 1.54) is 0 Å². The predicted octanol–water partition coefficient (Wildman–Crippen LogP) is 2.54. The van der Waals surface area contributed by atoms with Gasteiger partial charge in [-0.15, -0.1) is 0 Å². The second-order valence-corrected chi connectivity index (χ2v) is 4.12. The predicted molar refractivity (Wildman–Crippen MR) is 56.1 cm³/mol. The average Bonchev–Trinajstić information content (AvgIpc) is 2.19. The second-order valence-electron chi connectivity index (χ2n) is 4.12. The van der Waals surface area contributed by atoms with E-state index in [4.69, 9.17) is 0 Å². The van der Waals surface area contributed by atoms with E-state index >= 15 is 0 Å². The first-order chi connectivity index (χ1) is 6.71. The summed E-state index contributed by atoms with van der Waals surface area (Å²) < 4.78 is 14.4. The molecule has 1 aromatic carbocycles. The Kier molecular flexibility index (Phi) is 2.55. The molecular weight excluding hydrogens is 177 g/mol. The van der Waals surface area contributed by atoms with E-state index < -0.39 is 5.67 Å². The van der Waals surface area contributed by atoms with Crippen LogP contribution in [0.4, 0.5) is 4.39 Å². The number of hydrogen-bond donors (Lipinski definition) is 1. The van der Waals surface area contributed by atoms with Crippen LogP contribution in [0.15, 0.2) is 24.3 Å². The molecule has 1 aliphatic rings. The molecule has 0 saturated carbocycles. The summed E-state index contributed by atoms with van der Waals surface area (Å²) in [5.41, 5.74) is 0.805. The maximum Gasteiger partial charge on any atom is 0.148 e. The van der Waals surface area contributed by atoms with Crippen LogP contribution < -0.4 is 5.32 Å². The molecule has 1 aliphatic heterocycles. The number of hydrogen-bond acceptors (Lipinski definition) is 1. The molecule has 1 nitrogen and oxygen atoms in total. The van der Waals surface area contributed by atoms with Crippen molar-refractivity contribution in [3.05, 3.63) is 35.4 Å². The quantitative estimate of drug-likeness (QED) is 0.722. The van der Waals surface area contributed by atoms with Crippen LogP contribution in [0.25, 0.3) is 0 Å². The molecule has 0 aromatic heterocycles. The number of rotatable bonds is 1. The third kappa shape index (κ3) is 1.80. The average molecular weight is 193 g/mol. The van der Waals surface area contributed by atoms with Gasteiger partial charge in [0, 0.05) is 6.54 Å². The minimum Gasteiger partial charge on any atom is -0.313 e. The SMILES string of the molecule is Cc1cccc(C2(F)CCCNC2)c1. The molecule has 1 N–H and O–H groups in total. The minimum atomic E-state index is -1.15. The Morgan fingerprint density at radius 2 is 2.29 bits per heavy atom. The molecule has 1 heterocycles. The van der Waals surface area contributed by atoms with E-state index in [-0.39, 0.29) is 0 Å². The summed E-state index contributed by atoms with van der Waals surface area (Å²) in [7, 11) is 0. The van der Waals surface area contributed by atoms with Crippen molar-refractivity contribution in [1.29, 1.82) is 0 Å². The molecule has 0 spiro atoms. The van der Waals surface area contributed by atoms with Crippen LogP contribution in [-0.4, -0.2) is 13.1 Å². The topological polar surface area (TPSA) is 12.0 Å². The molecule has 0 radical (unpaired) electrons. The van der Waals surface area contributed by atoms with E-state index in [1.807, 2.05) is 31.2 Å². The van der Waals surface area contributed by atoms with Crippen LogP contribution in [0.3, 0.4) is 0 Å². The summed E-state index contributed by atoms with van der Waals surface area (Å²) in [6, 6.07) is 7.77. The summed E-state index contributed by atoms with van der Waals surface area (Å²) in [6.45, 7) is 3.40. The van der Waals surface area contributed by atoms with Gasteiger partial charge in [0.2, 0.25) is 0 Å². The highest BCUT2D eigenvalue weighted by atomic mass is 19.1. The maximum absolute atomic E-state index is 14.4. The number of benzene rings is 1. The van der Waals surface area contributed by atoms with Gasteiger partial charge in [-0.2, -0.15) is 0 Å². The molecule has 1 saturated heterocycles. The highest BCUT2D eigenvalue weighted by Crippen LogP contribution is 2.32. The lowest BCUT2D eigenvalue weighted by Crippen LogP contribution is -2.40. The third-order valence-electron chi connectivity index (χ3n) is 2.87. The largest absolute Gasteiger partial charge is 0.313 e. The first-order valence-corrected chi connectivity index (χ1v) is 5.17. The van der Waals surface area contributed by atoms with Gasteiger partial charge in [-0.3, -0.25) is 0 Å². The van der Waals surface area contributed by atoms with Crippen molar-refractivity contribution in [2.75, 3.05) is 13.1 Å². The number of alkyl halides is 1. The van der Waals surface area contributed by atoms with Crippen LogP contribution in [0.2, 0.25) is 0 Å². The van der Waals surface area contributed by atoms with Gasteiger partial charge in [-0.1, -0.05) is 29.8 Å². The van der Waals surface area contributed by atoms with Crippen LogP contribution in [0.1, 0.15) is 24.0 Å². The summed E-state index contributed by atoms with van der Waals surface area (Å²) in [5.74, 6) is 0. The van der Waals surface area contributed by atoms with Crippen molar-refractivity contribution < 1.29 is 4.39 Å². The van der Waals surface area contributed by atoms with Gasteiger partial charge >= 0.3 is 0 Å². The van der Waals surface area contributed by atoms with E-state index in [2.05, 4.69) is 5.32 Å². The maximum atomic E-state index is 14.4. The Morgan fingerprint density at radius 1 is 1.43 bits per heavy atom. The molecule has 14 heavy (non-hydrogen) atoms. The molecule has 1 unspecified atom stereocenters. The van der Waals surface area contributed by atoms with Crippen LogP contribution in [0.5, 0.6) is 0 Å². The van der Waals surface area contributed by atoms with Gasteiger partial charge in [0.1, 0.15) is 5.67 Å². The summed E-state index contributed by atoms with van der Waals surface area (Å²) in [6.07, 6.45) is 1.56. The Morgan fingerprint density at radius 3 is 2.93 bits per heavy atom. The smallest absolute Gasteiger partial charge is 0.148 e. The zero-order chi connectivity index (χ0) is 10.0. The fourth-order valence-corrected chi connectivity index (χ4v) is 2.04. The van der Waals surface area contributed by atoms with Gasteiger partial charge in [0.15, 0.2) is 0 Å². The van der Waals surface area contributed by atoms with Crippen molar-refractivity contribution in [3.8, 4) is 0 Å². The lowest BCUT2D eigenvalue weighted by molar-refractivity contribution is 0.122.